The Balaban J connectivity index is 1.54. The molecule has 0 fully saturated rings. The maximum absolute atomic E-state index is 12.7. The van der Waals surface area contributed by atoms with Crippen molar-refractivity contribution in [1.29, 1.82) is 0 Å². The minimum atomic E-state index is -1.02. The van der Waals surface area contributed by atoms with Crippen LogP contribution < -0.4 is 10.5 Å². The van der Waals surface area contributed by atoms with Gasteiger partial charge in [0.25, 0.3) is 5.91 Å². The molecule has 1 aromatic heterocycles. The molecule has 4 rings (SSSR count). The van der Waals surface area contributed by atoms with E-state index in [9.17, 15) is 14.4 Å². The summed E-state index contributed by atoms with van der Waals surface area (Å²) in [6.07, 6.45) is -0.258. The molecular formula is C21H17NO5. The SMILES string of the molecule is CC(OC(=O)c1cc2ccccc2oc1=O)C(=O)N1CCc2ccccc21. The van der Waals surface area contributed by atoms with Gasteiger partial charge in [-0.15, -0.1) is 0 Å². The Morgan fingerprint density at radius 3 is 2.70 bits per heavy atom. The van der Waals surface area contributed by atoms with Gasteiger partial charge >= 0.3 is 11.6 Å². The van der Waals surface area contributed by atoms with Crippen LogP contribution in [-0.4, -0.2) is 24.5 Å². The van der Waals surface area contributed by atoms with Gasteiger partial charge in [0.05, 0.1) is 0 Å². The summed E-state index contributed by atoms with van der Waals surface area (Å²) in [6, 6.07) is 15.9. The Kier molecular flexibility index (Phi) is 4.24. The molecule has 136 valence electrons. The van der Waals surface area contributed by atoms with Crippen LogP contribution in [0.4, 0.5) is 5.69 Å². The monoisotopic (exact) mass is 363 g/mol. The minimum Gasteiger partial charge on any atom is -0.449 e. The fraction of sp³-hybridized carbons (Fsp3) is 0.190. The molecule has 0 spiro atoms. The van der Waals surface area contributed by atoms with E-state index in [4.69, 9.17) is 9.15 Å². The van der Waals surface area contributed by atoms with Gasteiger partial charge in [0.15, 0.2) is 6.10 Å². The van der Waals surface area contributed by atoms with E-state index in [-0.39, 0.29) is 11.5 Å². The molecule has 0 N–H and O–H groups in total. The Labute approximate surface area is 155 Å². The number of nitrogens with zero attached hydrogens (tertiary/aromatic N) is 1. The third kappa shape index (κ3) is 3.10. The number of rotatable bonds is 3. The highest BCUT2D eigenvalue weighted by Gasteiger charge is 2.30. The largest absolute Gasteiger partial charge is 0.449 e. The van der Waals surface area contributed by atoms with Crippen LogP contribution in [0.2, 0.25) is 0 Å². The number of fused-ring (bicyclic) bond motifs is 2. The molecular weight excluding hydrogens is 346 g/mol. The van der Waals surface area contributed by atoms with Gasteiger partial charge in [0.2, 0.25) is 0 Å². The van der Waals surface area contributed by atoms with Crippen molar-refractivity contribution in [3.05, 3.63) is 76.1 Å². The van der Waals surface area contributed by atoms with E-state index in [2.05, 4.69) is 0 Å². The van der Waals surface area contributed by atoms with Crippen LogP contribution in [0.25, 0.3) is 11.0 Å². The maximum atomic E-state index is 12.7. The quantitative estimate of drug-likeness (QED) is 0.528. The maximum Gasteiger partial charge on any atom is 0.351 e. The second-order valence-corrected chi connectivity index (χ2v) is 6.40. The molecule has 1 aliphatic rings. The van der Waals surface area contributed by atoms with Crippen molar-refractivity contribution in [2.24, 2.45) is 0 Å². The van der Waals surface area contributed by atoms with Crippen LogP contribution in [0.5, 0.6) is 0 Å². The number of para-hydroxylation sites is 2. The number of ether oxygens (including phenoxy) is 1. The Morgan fingerprint density at radius 1 is 1.11 bits per heavy atom. The number of carbonyl (C=O) groups excluding carboxylic acids is 2. The van der Waals surface area contributed by atoms with Crippen LogP contribution in [0.15, 0.2) is 63.8 Å². The molecule has 0 radical (unpaired) electrons. The van der Waals surface area contributed by atoms with Crippen molar-refractivity contribution in [3.8, 4) is 0 Å². The number of amides is 1. The average molecular weight is 363 g/mol. The minimum absolute atomic E-state index is 0.227. The first-order valence-corrected chi connectivity index (χ1v) is 8.68. The summed E-state index contributed by atoms with van der Waals surface area (Å²) in [5.41, 5.74) is 1.28. The van der Waals surface area contributed by atoms with Crippen LogP contribution in [0.1, 0.15) is 22.8 Å². The van der Waals surface area contributed by atoms with Gasteiger partial charge in [0.1, 0.15) is 11.1 Å². The smallest absolute Gasteiger partial charge is 0.351 e. The molecule has 1 aliphatic heterocycles. The highest BCUT2D eigenvalue weighted by atomic mass is 16.5. The third-order valence-corrected chi connectivity index (χ3v) is 4.65. The van der Waals surface area contributed by atoms with Gasteiger partial charge in [-0.1, -0.05) is 36.4 Å². The first-order valence-electron chi connectivity index (χ1n) is 8.68. The van der Waals surface area contributed by atoms with E-state index in [1.807, 2.05) is 24.3 Å². The number of hydrogen-bond acceptors (Lipinski definition) is 5. The van der Waals surface area contributed by atoms with Crippen molar-refractivity contribution >= 4 is 28.5 Å². The number of anilines is 1. The lowest BCUT2D eigenvalue weighted by molar-refractivity contribution is -0.126. The Morgan fingerprint density at radius 2 is 1.85 bits per heavy atom. The summed E-state index contributed by atoms with van der Waals surface area (Å²) in [4.78, 5) is 38.8. The summed E-state index contributed by atoms with van der Waals surface area (Å²) >= 11 is 0. The molecule has 6 nitrogen and oxygen atoms in total. The Bertz CT molecular complexity index is 1100. The molecule has 27 heavy (non-hydrogen) atoms. The first-order chi connectivity index (χ1) is 13.0. The summed E-state index contributed by atoms with van der Waals surface area (Å²) in [5, 5.41) is 0.608. The molecule has 0 aliphatic carbocycles. The summed E-state index contributed by atoms with van der Waals surface area (Å²) < 4.78 is 10.4. The zero-order valence-corrected chi connectivity index (χ0v) is 14.7. The first kappa shape index (κ1) is 17.0. The molecule has 2 aromatic carbocycles. The van der Waals surface area contributed by atoms with Gasteiger partial charge in [-0.2, -0.15) is 0 Å². The molecule has 2 heterocycles. The van der Waals surface area contributed by atoms with Crippen molar-refractivity contribution in [3.63, 3.8) is 0 Å². The molecule has 1 atom stereocenters. The Hall–Kier alpha value is -3.41. The summed E-state index contributed by atoms with van der Waals surface area (Å²) in [5.74, 6) is -1.19. The van der Waals surface area contributed by atoms with Gasteiger partial charge in [0, 0.05) is 17.6 Å². The van der Waals surface area contributed by atoms with Gasteiger partial charge in [-0.05, 0) is 37.1 Å². The number of benzene rings is 2. The van der Waals surface area contributed by atoms with E-state index in [0.29, 0.717) is 17.5 Å². The van der Waals surface area contributed by atoms with E-state index in [1.54, 1.807) is 29.2 Å². The van der Waals surface area contributed by atoms with Crippen molar-refractivity contribution < 1.29 is 18.7 Å². The predicted octanol–water partition coefficient (Wildman–Crippen LogP) is 2.93. The molecule has 0 saturated heterocycles. The lowest BCUT2D eigenvalue weighted by atomic mass is 10.2. The predicted molar refractivity (Wildman–Crippen MR) is 99.9 cm³/mol. The zero-order valence-electron chi connectivity index (χ0n) is 14.7. The highest BCUT2D eigenvalue weighted by molar-refractivity contribution is 6.00. The van der Waals surface area contributed by atoms with Crippen molar-refractivity contribution in [2.45, 2.75) is 19.4 Å². The van der Waals surface area contributed by atoms with Crippen LogP contribution in [0.3, 0.4) is 0 Å². The lowest BCUT2D eigenvalue weighted by Crippen LogP contribution is -2.39. The van der Waals surface area contributed by atoms with Crippen molar-refractivity contribution in [2.75, 3.05) is 11.4 Å². The van der Waals surface area contributed by atoms with E-state index in [1.165, 1.54) is 13.0 Å². The number of hydrogen-bond donors (Lipinski definition) is 0. The fourth-order valence-electron chi connectivity index (χ4n) is 3.27. The second kappa shape index (κ2) is 6.72. The standard InChI is InChI=1S/C21H17NO5/c1-13(19(23)22-11-10-14-6-2-4-8-17(14)22)26-20(24)16-12-15-7-3-5-9-18(15)27-21(16)25/h2-9,12-13H,10-11H2,1H3. The van der Waals surface area contributed by atoms with Crippen LogP contribution >= 0.6 is 0 Å². The molecule has 0 bridgehead atoms. The molecule has 0 saturated carbocycles. The molecule has 1 unspecified atom stereocenters. The van der Waals surface area contributed by atoms with Crippen LogP contribution in [0, 0.1) is 0 Å². The zero-order chi connectivity index (χ0) is 19.0. The van der Waals surface area contributed by atoms with Crippen LogP contribution in [-0.2, 0) is 16.0 Å². The molecule has 3 aromatic rings. The van der Waals surface area contributed by atoms with Gasteiger partial charge in [-0.3, -0.25) is 4.79 Å². The molecule has 1 amide bonds. The molecule has 6 heteroatoms. The van der Waals surface area contributed by atoms with Crippen molar-refractivity contribution in [1.82, 2.24) is 0 Å². The summed E-state index contributed by atoms with van der Waals surface area (Å²) in [7, 11) is 0. The third-order valence-electron chi connectivity index (χ3n) is 4.65. The normalized spacial score (nSPS) is 14.0. The second-order valence-electron chi connectivity index (χ2n) is 6.40. The van der Waals surface area contributed by atoms with E-state index >= 15 is 0 Å². The van der Waals surface area contributed by atoms with Gasteiger partial charge in [-0.25, -0.2) is 9.59 Å². The lowest BCUT2D eigenvalue weighted by Gasteiger charge is -2.21. The average Bonchev–Trinajstić information content (AvgIpc) is 3.10. The fourth-order valence-corrected chi connectivity index (χ4v) is 3.27. The van der Waals surface area contributed by atoms with E-state index in [0.717, 1.165) is 17.7 Å². The number of esters is 1. The number of carbonyl (C=O) groups is 2. The topological polar surface area (TPSA) is 76.8 Å². The van der Waals surface area contributed by atoms with Gasteiger partial charge < -0.3 is 14.1 Å². The highest BCUT2D eigenvalue weighted by Crippen LogP contribution is 2.28. The van der Waals surface area contributed by atoms with E-state index < -0.39 is 17.7 Å². The summed E-state index contributed by atoms with van der Waals surface area (Å²) in [6.45, 7) is 2.04.